The normalized spacial score (nSPS) is 14.1. The molecule has 2 aromatic heterocycles. The monoisotopic (exact) mass is 241 g/mol. The predicted octanol–water partition coefficient (Wildman–Crippen LogP) is 0.0407. The summed E-state index contributed by atoms with van der Waals surface area (Å²) in [7, 11) is -3.20. The van der Waals surface area contributed by atoms with Crippen molar-refractivity contribution in [3.8, 4) is 0 Å². The second-order valence-corrected chi connectivity index (χ2v) is 5.92. The number of aromatic amines is 1. The summed E-state index contributed by atoms with van der Waals surface area (Å²) in [6.45, 7) is 1.55. The number of nitrogens with zero attached hydrogens (tertiary/aromatic N) is 3. The smallest absolute Gasteiger partial charge is 0.183 e. The van der Waals surface area contributed by atoms with Gasteiger partial charge in [0.1, 0.15) is 22.9 Å². The second kappa shape index (κ2) is 3.41. The maximum absolute atomic E-state index is 11.4. The van der Waals surface area contributed by atoms with Crippen LogP contribution >= 0.6 is 0 Å². The van der Waals surface area contributed by atoms with Crippen molar-refractivity contribution < 1.29 is 8.42 Å². The van der Waals surface area contributed by atoms with Crippen molar-refractivity contribution in [2.45, 2.75) is 12.2 Å². The third-order valence-corrected chi connectivity index (χ3v) is 3.87. The van der Waals surface area contributed by atoms with Gasteiger partial charge in [0.25, 0.3) is 0 Å². The fourth-order valence-electron chi connectivity index (χ4n) is 1.26. The summed E-state index contributed by atoms with van der Waals surface area (Å²) in [5.74, 6) is 0.578. The Morgan fingerprint density at radius 3 is 2.69 bits per heavy atom. The van der Waals surface area contributed by atoms with Crippen molar-refractivity contribution in [1.29, 1.82) is 0 Å². The Morgan fingerprint density at radius 1 is 1.44 bits per heavy atom. The molecule has 1 atom stereocenters. The van der Waals surface area contributed by atoms with E-state index < -0.39 is 15.1 Å². The number of rotatable bonds is 2. The van der Waals surface area contributed by atoms with Gasteiger partial charge < -0.3 is 10.7 Å². The molecule has 8 heteroatoms. The fourth-order valence-corrected chi connectivity index (χ4v) is 1.78. The summed E-state index contributed by atoms with van der Waals surface area (Å²) in [5.41, 5.74) is 6.45. The van der Waals surface area contributed by atoms with Gasteiger partial charge in [-0.05, 0) is 6.92 Å². The molecule has 0 fully saturated rings. The maximum atomic E-state index is 11.4. The number of fused-ring (bicyclic) bond motifs is 1. The minimum absolute atomic E-state index is 0.254. The molecular weight excluding hydrogens is 230 g/mol. The van der Waals surface area contributed by atoms with Crippen molar-refractivity contribution in [3.05, 3.63) is 12.2 Å². The van der Waals surface area contributed by atoms with E-state index in [1.54, 1.807) is 6.92 Å². The van der Waals surface area contributed by atoms with Gasteiger partial charge in [-0.25, -0.2) is 23.4 Å². The van der Waals surface area contributed by atoms with Crippen molar-refractivity contribution in [1.82, 2.24) is 19.9 Å². The third-order valence-electron chi connectivity index (χ3n) is 2.36. The van der Waals surface area contributed by atoms with E-state index in [1.807, 2.05) is 0 Å². The molecule has 0 saturated heterocycles. The SMILES string of the molecule is CC(c1nc2ncnc(N)c2[nH]1)S(C)(=O)=O. The number of hydrogen-bond donors (Lipinski definition) is 2. The van der Waals surface area contributed by atoms with Gasteiger partial charge in [-0.1, -0.05) is 0 Å². The van der Waals surface area contributed by atoms with Crippen LogP contribution in [0.2, 0.25) is 0 Å². The summed E-state index contributed by atoms with van der Waals surface area (Å²) >= 11 is 0. The first-order chi connectivity index (χ1) is 7.39. The molecule has 16 heavy (non-hydrogen) atoms. The number of anilines is 1. The van der Waals surface area contributed by atoms with Crippen LogP contribution in [0, 0.1) is 0 Å². The van der Waals surface area contributed by atoms with E-state index in [1.165, 1.54) is 6.33 Å². The molecule has 0 aliphatic carbocycles. The number of nitrogens with two attached hydrogens (primary N) is 1. The standard InChI is InChI=1S/C8H11N5O2S/c1-4(16(2,14)15)7-12-5-6(9)10-3-11-8(5)13-7/h3-4H,1-2H3,(H3,9,10,11,12,13). The molecule has 0 amide bonds. The van der Waals surface area contributed by atoms with Gasteiger partial charge in [0.2, 0.25) is 0 Å². The van der Waals surface area contributed by atoms with E-state index in [0.717, 1.165) is 6.26 Å². The first-order valence-corrected chi connectivity index (χ1v) is 6.50. The highest BCUT2D eigenvalue weighted by Crippen LogP contribution is 2.21. The van der Waals surface area contributed by atoms with Crippen molar-refractivity contribution in [2.24, 2.45) is 0 Å². The van der Waals surface area contributed by atoms with Crippen molar-refractivity contribution in [2.75, 3.05) is 12.0 Å². The number of H-pyrrole nitrogens is 1. The summed E-state index contributed by atoms with van der Waals surface area (Å²) in [6.07, 6.45) is 2.44. The molecule has 86 valence electrons. The average molecular weight is 241 g/mol. The van der Waals surface area contributed by atoms with Crippen LogP contribution in [0.15, 0.2) is 6.33 Å². The van der Waals surface area contributed by atoms with Gasteiger partial charge in [-0.15, -0.1) is 0 Å². The lowest BCUT2D eigenvalue weighted by atomic mass is 10.4. The lowest BCUT2D eigenvalue weighted by Crippen LogP contribution is -2.09. The van der Waals surface area contributed by atoms with Crippen LogP contribution in [0.1, 0.15) is 18.0 Å². The van der Waals surface area contributed by atoms with E-state index in [0.29, 0.717) is 17.0 Å². The van der Waals surface area contributed by atoms with Crippen LogP contribution in [0.3, 0.4) is 0 Å². The summed E-state index contributed by atoms with van der Waals surface area (Å²) < 4.78 is 22.7. The highest BCUT2D eigenvalue weighted by Gasteiger charge is 2.21. The largest absolute Gasteiger partial charge is 0.382 e. The summed E-state index contributed by atoms with van der Waals surface area (Å²) in [4.78, 5) is 14.6. The lowest BCUT2D eigenvalue weighted by Gasteiger charge is -2.04. The topological polar surface area (TPSA) is 115 Å². The molecule has 3 N–H and O–H groups in total. The summed E-state index contributed by atoms with van der Waals surface area (Å²) in [6, 6.07) is 0. The number of hydrogen-bond acceptors (Lipinski definition) is 6. The van der Waals surface area contributed by atoms with Crippen molar-refractivity contribution >= 4 is 26.8 Å². The Kier molecular flexibility index (Phi) is 2.30. The van der Waals surface area contributed by atoms with Gasteiger partial charge in [-0.2, -0.15) is 0 Å². The molecule has 0 aromatic carbocycles. The molecule has 0 radical (unpaired) electrons. The first-order valence-electron chi connectivity index (χ1n) is 4.54. The van der Waals surface area contributed by atoms with E-state index in [-0.39, 0.29) is 5.82 Å². The highest BCUT2D eigenvalue weighted by atomic mass is 32.2. The Hall–Kier alpha value is -1.70. The van der Waals surface area contributed by atoms with E-state index in [9.17, 15) is 8.42 Å². The van der Waals surface area contributed by atoms with Crippen LogP contribution in [-0.2, 0) is 9.84 Å². The molecule has 2 aromatic rings. The minimum atomic E-state index is -3.20. The molecule has 2 heterocycles. The van der Waals surface area contributed by atoms with Gasteiger partial charge in [0.05, 0.1) is 0 Å². The number of imidazole rings is 1. The molecule has 0 bridgehead atoms. The highest BCUT2D eigenvalue weighted by molar-refractivity contribution is 7.90. The molecule has 0 aliphatic rings. The maximum Gasteiger partial charge on any atom is 0.183 e. The molecule has 7 nitrogen and oxygen atoms in total. The molecule has 0 saturated carbocycles. The Labute approximate surface area is 92.0 Å². The minimum Gasteiger partial charge on any atom is -0.382 e. The van der Waals surface area contributed by atoms with Crippen LogP contribution in [-0.4, -0.2) is 34.6 Å². The summed E-state index contributed by atoms with van der Waals surface area (Å²) in [5, 5.41) is -0.721. The fraction of sp³-hybridized carbons (Fsp3) is 0.375. The first kappa shape index (κ1) is 10.8. The van der Waals surface area contributed by atoms with Crippen LogP contribution in [0.4, 0.5) is 5.82 Å². The molecule has 2 rings (SSSR count). The number of nitrogen functional groups attached to an aromatic ring is 1. The van der Waals surface area contributed by atoms with E-state index in [2.05, 4.69) is 19.9 Å². The zero-order valence-corrected chi connectivity index (χ0v) is 9.61. The van der Waals surface area contributed by atoms with E-state index in [4.69, 9.17) is 5.73 Å². The average Bonchev–Trinajstić information content (AvgIpc) is 2.60. The molecule has 1 unspecified atom stereocenters. The number of aromatic nitrogens is 4. The van der Waals surface area contributed by atoms with Gasteiger partial charge in [0.15, 0.2) is 21.3 Å². The zero-order valence-electron chi connectivity index (χ0n) is 8.80. The van der Waals surface area contributed by atoms with Gasteiger partial charge in [-0.3, -0.25) is 0 Å². The number of nitrogens with one attached hydrogen (secondary N) is 1. The Balaban J connectivity index is 2.60. The Bertz CT molecular complexity index is 633. The molecule has 0 spiro atoms. The van der Waals surface area contributed by atoms with E-state index >= 15 is 0 Å². The lowest BCUT2D eigenvalue weighted by molar-refractivity contribution is 0.590. The second-order valence-electron chi connectivity index (χ2n) is 3.55. The van der Waals surface area contributed by atoms with Crippen LogP contribution < -0.4 is 5.73 Å². The molecular formula is C8H11N5O2S. The van der Waals surface area contributed by atoms with Crippen LogP contribution in [0.25, 0.3) is 11.2 Å². The van der Waals surface area contributed by atoms with Crippen LogP contribution in [0.5, 0.6) is 0 Å². The molecule has 0 aliphatic heterocycles. The quantitative estimate of drug-likeness (QED) is 0.767. The predicted molar refractivity (Wildman–Crippen MR) is 59.4 cm³/mol. The third kappa shape index (κ3) is 1.71. The van der Waals surface area contributed by atoms with Gasteiger partial charge in [0, 0.05) is 6.26 Å². The van der Waals surface area contributed by atoms with Gasteiger partial charge >= 0.3 is 0 Å². The zero-order chi connectivity index (χ0) is 11.9. The number of sulfone groups is 1. The Morgan fingerprint density at radius 2 is 2.12 bits per heavy atom. The van der Waals surface area contributed by atoms with Crippen molar-refractivity contribution in [3.63, 3.8) is 0 Å².